The number of thioether (sulfide) groups is 2. The first kappa shape index (κ1) is 34.0. The summed E-state index contributed by atoms with van der Waals surface area (Å²) in [5.41, 5.74) is 10.7. The largest absolute Gasteiger partial charge is 0.324 e. The first-order chi connectivity index (χ1) is 21.4. The quantitative estimate of drug-likeness (QED) is 0.0913. The van der Waals surface area contributed by atoms with E-state index in [1.54, 1.807) is 0 Å². The molecule has 0 saturated carbocycles. The van der Waals surface area contributed by atoms with Gasteiger partial charge in [-0.25, -0.2) is 0 Å². The van der Waals surface area contributed by atoms with Crippen molar-refractivity contribution in [2.45, 2.75) is 89.9 Å². The van der Waals surface area contributed by atoms with Crippen molar-refractivity contribution in [1.29, 1.82) is 0 Å². The Kier molecular flexibility index (Phi) is 13.6. The van der Waals surface area contributed by atoms with Crippen LogP contribution in [0.4, 0.5) is 0 Å². The zero-order valence-electron chi connectivity index (χ0n) is 26.8. The van der Waals surface area contributed by atoms with Crippen molar-refractivity contribution in [1.82, 2.24) is 4.57 Å². The Hall–Kier alpha value is -2.88. The molecular weight excluding hydrogens is 571 g/mol. The first-order valence-corrected chi connectivity index (χ1v) is 18.2. The van der Waals surface area contributed by atoms with Gasteiger partial charge in [0.2, 0.25) is 0 Å². The minimum Gasteiger partial charge on any atom is -0.324 e. The molecule has 4 rings (SSSR count). The zero-order chi connectivity index (χ0) is 31.3. The van der Waals surface area contributed by atoms with Crippen molar-refractivity contribution in [3.63, 3.8) is 0 Å². The van der Waals surface area contributed by atoms with Gasteiger partial charge < -0.3 is 4.57 Å². The minimum atomic E-state index is 0.915. The highest BCUT2D eigenvalue weighted by Crippen LogP contribution is 2.40. The minimum absolute atomic E-state index is 0.915. The molecule has 0 radical (unpaired) electrons. The third-order valence-electron chi connectivity index (χ3n) is 8.79. The molecule has 1 nitrogen and oxygen atoms in total. The standard InChI is InChI=1S/C41H51NS2/c1-7-10-17-31(4)32(5)23-24-33(6)44-37-20-16-22-41-39(30-37)38(8-2)40(42(41)9-3)21-14-15-29-43-36-27-25-35(26-28-36)34-18-12-11-13-19-34/h7-9,11-12,18,25,27,30H,1-6,10,13-17,19-24,26,28-29H2. The van der Waals surface area contributed by atoms with E-state index < -0.39 is 0 Å². The van der Waals surface area contributed by atoms with Crippen LogP contribution < -0.4 is 0 Å². The van der Waals surface area contributed by atoms with E-state index in [2.05, 4.69) is 86.6 Å². The predicted molar refractivity (Wildman–Crippen MR) is 203 cm³/mol. The molecule has 44 heavy (non-hydrogen) atoms. The maximum absolute atomic E-state index is 4.41. The van der Waals surface area contributed by atoms with Gasteiger partial charge in [-0.05, 0) is 128 Å². The van der Waals surface area contributed by atoms with Crippen molar-refractivity contribution < 1.29 is 0 Å². The lowest BCUT2D eigenvalue weighted by atomic mass is 9.92. The van der Waals surface area contributed by atoms with Gasteiger partial charge in [0.1, 0.15) is 0 Å². The van der Waals surface area contributed by atoms with Crippen molar-refractivity contribution in [2.75, 3.05) is 5.75 Å². The maximum Gasteiger partial charge on any atom is 0.0302 e. The van der Waals surface area contributed by atoms with E-state index >= 15 is 0 Å². The van der Waals surface area contributed by atoms with Gasteiger partial charge in [-0.1, -0.05) is 98.3 Å². The molecule has 0 unspecified atom stereocenters. The number of fused-ring (bicyclic) bond motifs is 1. The predicted octanol–water partition coefficient (Wildman–Crippen LogP) is 13.0. The van der Waals surface area contributed by atoms with Gasteiger partial charge >= 0.3 is 0 Å². The Balaban J connectivity index is 1.33. The smallest absolute Gasteiger partial charge is 0.0302 e. The summed E-state index contributed by atoms with van der Waals surface area (Å²) < 4.78 is 2.36. The van der Waals surface area contributed by atoms with E-state index in [4.69, 9.17) is 0 Å². The summed E-state index contributed by atoms with van der Waals surface area (Å²) >= 11 is 3.90. The van der Waals surface area contributed by atoms with Crippen molar-refractivity contribution in [2.24, 2.45) is 0 Å². The highest BCUT2D eigenvalue weighted by molar-refractivity contribution is 8.06. The normalized spacial score (nSPS) is 16.1. The molecule has 1 aromatic rings. The molecule has 0 aromatic carbocycles. The maximum atomic E-state index is 4.41. The molecule has 0 N–H and O–H groups in total. The van der Waals surface area contributed by atoms with Gasteiger partial charge in [0.25, 0.3) is 0 Å². The summed E-state index contributed by atoms with van der Waals surface area (Å²) in [4.78, 5) is 4.13. The van der Waals surface area contributed by atoms with E-state index in [9.17, 15) is 0 Å². The van der Waals surface area contributed by atoms with E-state index in [1.165, 1.54) is 92.7 Å². The lowest BCUT2D eigenvalue weighted by Crippen LogP contribution is -2.01. The monoisotopic (exact) mass is 621 g/mol. The van der Waals surface area contributed by atoms with Crippen molar-refractivity contribution in [3.8, 4) is 0 Å². The van der Waals surface area contributed by atoms with Crippen LogP contribution in [0.2, 0.25) is 0 Å². The summed E-state index contributed by atoms with van der Waals surface area (Å²) in [6.07, 6.45) is 35.1. The van der Waals surface area contributed by atoms with Crippen molar-refractivity contribution >= 4 is 41.9 Å². The number of nitrogens with zero attached hydrogens (tertiary/aromatic N) is 1. The summed E-state index contributed by atoms with van der Waals surface area (Å²) in [6, 6.07) is 0. The second-order valence-electron chi connectivity index (χ2n) is 11.9. The molecule has 0 spiro atoms. The third kappa shape index (κ3) is 9.31. The van der Waals surface area contributed by atoms with Crippen LogP contribution in [0.3, 0.4) is 0 Å². The second-order valence-corrected chi connectivity index (χ2v) is 14.4. The summed E-state index contributed by atoms with van der Waals surface area (Å²) in [6.45, 7) is 25.1. The molecular formula is C41H51NS2. The van der Waals surface area contributed by atoms with E-state index in [1.807, 2.05) is 35.8 Å². The Morgan fingerprint density at radius 2 is 1.66 bits per heavy atom. The van der Waals surface area contributed by atoms with Crippen LogP contribution in [0.5, 0.6) is 0 Å². The summed E-state index contributed by atoms with van der Waals surface area (Å²) in [7, 11) is 0. The number of hydrogen-bond donors (Lipinski definition) is 0. The molecule has 232 valence electrons. The third-order valence-corrected chi connectivity index (χ3v) is 11.1. The molecule has 0 saturated heterocycles. The van der Waals surface area contributed by atoms with E-state index in [-0.39, 0.29) is 0 Å². The molecule has 0 fully saturated rings. The average molecular weight is 622 g/mol. The molecule has 0 amide bonds. The first-order valence-electron chi connectivity index (χ1n) is 16.4. The van der Waals surface area contributed by atoms with Gasteiger partial charge in [0.15, 0.2) is 0 Å². The Morgan fingerprint density at radius 1 is 0.841 bits per heavy atom. The Labute approximate surface area is 276 Å². The molecule has 1 aromatic heterocycles. The zero-order valence-corrected chi connectivity index (χ0v) is 28.4. The lowest BCUT2D eigenvalue weighted by molar-refractivity contribution is 0.748. The van der Waals surface area contributed by atoms with Gasteiger partial charge in [-0.3, -0.25) is 0 Å². The number of rotatable bonds is 18. The van der Waals surface area contributed by atoms with Crippen molar-refractivity contribution in [3.05, 3.63) is 135 Å². The molecule has 3 aliphatic rings. The Bertz CT molecular complexity index is 1430. The topological polar surface area (TPSA) is 4.93 Å². The molecule has 0 aliphatic heterocycles. The van der Waals surface area contributed by atoms with E-state index in [0.29, 0.717) is 0 Å². The van der Waals surface area contributed by atoms with Crippen LogP contribution in [0.15, 0.2) is 113 Å². The molecule has 0 atom stereocenters. The molecule has 1 heterocycles. The van der Waals surface area contributed by atoms with Crippen LogP contribution >= 0.6 is 23.5 Å². The van der Waals surface area contributed by atoms with Crippen LogP contribution in [0, 0.1) is 0 Å². The fourth-order valence-electron chi connectivity index (χ4n) is 6.23. The van der Waals surface area contributed by atoms with E-state index in [0.717, 1.165) is 62.5 Å². The fourth-order valence-corrected chi connectivity index (χ4v) is 8.25. The highest BCUT2D eigenvalue weighted by Gasteiger charge is 2.21. The molecule has 0 bridgehead atoms. The average Bonchev–Trinajstić information content (AvgIpc) is 3.17. The van der Waals surface area contributed by atoms with Gasteiger partial charge in [-0.2, -0.15) is 0 Å². The molecule has 3 heteroatoms. The Morgan fingerprint density at radius 3 is 2.36 bits per heavy atom. The van der Waals surface area contributed by atoms with Crippen LogP contribution in [-0.2, 0) is 12.8 Å². The van der Waals surface area contributed by atoms with Crippen LogP contribution in [0.25, 0.3) is 18.4 Å². The second kappa shape index (κ2) is 17.6. The number of allylic oxidation sites excluding steroid dienone is 13. The number of hydrogen-bond acceptors (Lipinski definition) is 2. The SMILES string of the molecule is C=CCCC(=C)C(=C)CCC(=C)SC1=Cc2c(C=C)c(CCCCSC3=CC=C(C4=CC=CCC4)CC3)n(C=C)c2CCC1. The number of aromatic nitrogens is 1. The van der Waals surface area contributed by atoms with Gasteiger partial charge in [0, 0.05) is 28.7 Å². The highest BCUT2D eigenvalue weighted by atomic mass is 32.2. The van der Waals surface area contributed by atoms with Crippen LogP contribution in [-0.4, -0.2) is 10.3 Å². The number of unbranched alkanes of at least 4 members (excludes halogenated alkanes) is 1. The fraction of sp³-hybridized carbons (Fsp3) is 0.366. The van der Waals surface area contributed by atoms with Gasteiger partial charge in [0.05, 0.1) is 0 Å². The summed E-state index contributed by atoms with van der Waals surface area (Å²) in [5.74, 6) is 1.18. The lowest BCUT2D eigenvalue weighted by Gasteiger charge is -2.18. The van der Waals surface area contributed by atoms with Gasteiger partial charge in [-0.15, -0.1) is 18.3 Å². The summed E-state index contributed by atoms with van der Waals surface area (Å²) in [5, 5.41) is 0. The van der Waals surface area contributed by atoms with Crippen LogP contribution in [0.1, 0.15) is 99.6 Å². The molecule has 3 aliphatic carbocycles.